The number of alkyl halides is 3. The molecule has 0 saturated carbocycles. The van der Waals surface area contributed by atoms with Crippen LogP contribution in [0, 0.1) is 13.8 Å². The van der Waals surface area contributed by atoms with Gasteiger partial charge in [0.1, 0.15) is 0 Å². The third-order valence-electron chi connectivity index (χ3n) is 2.83. The molecule has 1 N–H and O–H groups in total. The molecule has 0 fully saturated rings. The SMILES string of the molecule is Cc1nc(C(C)Nc2ccccc2SC(F)(F)F)c(C)s1. The van der Waals surface area contributed by atoms with Gasteiger partial charge in [-0.25, -0.2) is 4.98 Å². The number of aryl methyl sites for hydroxylation is 2. The number of para-hydroxylation sites is 1. The standard InChI is InChI=1S/C14H15F3N2S2/c1-8(13-9(2)20-10(3)19-13)18-11-6-4-5-7-12(11)21-14(15,16)17/h4-8,18H,1-3H3. The first-order valence-electron chi connectivity index (χ1n) is 6.31. The number of nitrogens with zero attached hydrogens (tertiary/aromatic N) is 1. The second-order valence-electron chi connectivity index (χ2n) is 4.58. The molecule has 0 spiro atoms. The van der Waals surface area contributed by atoms with Crippen LogP contribution < -0.4 is 5.32 Å². The summed E-state index contributed by atoms with van der Waals surface area (Å²) >= 11 is 1.48. The first-order valence-corrected chi connectivity index (χ1v) is 7.95. The molecule has 1 aromatic carbocycles. The van der Waals surface area contributed by atoms with E-state index < -0.39 is 5.51 Å². The third kappa shape index (κ3) is 4.38. The van der Waals surface area contributed by atoms with Crippen molar-refractivity contribution in [3.63, 3.8) is 0 Å². The van der Waals surface area contributed by atoms with Gasteiger partial charge in [0.05, 0.1) is 16.7 Å². The Hall–Kier alpha value is -1.21. The molecule has 0 aliphatic heterocycles. The van der Waals surface area contributed by atoms with Crippen LogP contribution in [0.25, 0.3) is 0 Å². The average Bonchev–Trinajstić information content (AvgIpc) is 2.69. The van der Waals surface area contributed by atoms with Crippen LogP contribution in [-0.2, 0) is 0 Å². The zero-order valence-electron chi connectivity index (χ0n) is 11.8. The number of aromatic nitrogens is 1. The fraction of sp³-hybridized carbons (Fsp3) is 0.357. The summed E-state index contributed by atoms with van der Waals surface area (Å²) in [7, 11) is 0. The predicted octanol–water partition coefficient (Wildman–Crippen LogP) is 5.54. The van der Waals surface area contributed by atoms with Crippen LogP contribution >= 0.6 is 23.1 Å². The van der Waals surface area contributed by atoms with Gasteiger partial charge >= 0.3 is 5.51 Å². The molecule has 1 atom stereocenters. The lowest BCUT2D eigenvalue weighted by Gasteiger charge is -2.17. The molecule has 21 heavy (non-hydrogen) atoms. The monoisotopic (exact) mass is 332 g/mol. The Morgan fingerprint density at radius 3 is 2.48 bits per heavy atom. The molecule has 0 radical (unpaired) electrons. The van der Waals surface area contributed by atoms with Crippen molar-refractivity contribution in [1.82, 2.24) is 4.98 Å². The fourth-order valence-corrected chi connectivity index (χ4v) is 3.59. The van der Waals surface area contributed by atoms with Gasteiger partial charge in [-0.1, -0.05) is 12.1 Å². The summed E-state index contributed by atoms with van der Waals surface area (Å²) in [5.74, 6) is 0. The molecule has 2 aromatic rings. The Bertz CT molecular complexity index is 623. The first-order chi connectivity index (χ1) is 9.76. The molecule has 1 heterocycles. The Morgan fingerprint density at radius 2 is 1.90 bits per heavy atom. The number of nitrogens with one attached hydrogen (secondary N) is 1. The molecule has 0 amide bonds. The Balaban J connectivity index is 2.21. The van der Waals surface area contributed by atoms with Crippen molar-refractivity contribution in [2.45, 2.75) is 37.2 Å². The van der Waals surface area contributed by atoms with Crippen molar-refractivity contribution >= 4 is 28.8 Å². The number of rotatable bonds is 4. The summed E-state index contributed by atoms with van der Waals surface area (Å²) in [5, 5.41) is 4.08. The van der Waals surface area contributed by atoms with Gasteiger partial charge < -0.3 is 5.32 Å². The van der Waals surface area contributed by atoms with Crippen LogP contribution in [0.1, 0.15) is 28.5 Å². The third-order valence-corrected chi connectivity index (χ3v) is 4.54. The minimum atomic E-state index is -4.30. The summed E-state index contributed by atoms with van der Waals surface area (Å²) < 4.78 is 37.7. The Morgan fingerprint density at radius 1 is 1.24 bits per heavy atom. The van der Waals surface area contributed by atoms with Crippen LogP contribution in [0.3, 0.4) is 0 Å². The lowest BCUT2D eigenvalue weighted by atomic mass is 10.2. The van der Waals surface area contributed by atoms with Gasteiger partial charge in [-0.05, 0) is 44.7 Å². The Labute approximate surface area is 129 Å². The second-order valence-corrected chi connectivity index (χ2v) is 7.10. The zero-order chi connectivity index (χ0) is 15.6. The molecule has 0 saturated heterocycles. The lowest BCUT2D eigenvalue weighted by Crippen LogP contribution is -2.10. The van der Waals surface area contributed by atoms with Crippen molar-refractivity contribution in [2.75, 3.05) is 5.32 Å². The summed E-state index contributed by atoms with van der Waals surface area (Å²) in [5.41, 5.74) is -2.95. The number of hydrogen-bond donors (Lipinski definition) is 1. The van der Waals surface area contributed by atoms with Crippen molar-refractivity contribution in [1.29, 1.82) is 0 Å². The number of thiazole rings is 1. The van der Waals surface area contributed by atoms with Crippen LogP contribution in [0.2, 0.25) is 0 Å². The van der Waals surface area contributed by atoms with Crippen molar-refractivity contribution in [3.05, 3.63) is 39.8 Å². The van der Waals surface area contributed by atoms with Crippen LogP contribution in [0.4, 0.5) is 18.9 Å². The molecular weight excluding hydrogens is 317 g/mol. The fourth-order valence-electron chi connectivity index (χ4n) is 2.05. The van der Waals surface area contributed by atoms with Gasteiger partial charge in [0.25, 0.3) is 0 Å². The highest BCUT2D eigenvalue weighted by atomic mass is 32.2. The van der Waals surface area contributed by atoms with E-state index >= 15 is 0 Å². The lowest BCUT2D eigenvalue weighted by molar-refractivity contribution is -0.0327. The van der Waals surface area contributed by atoms with Crippen LogP contribution in [-0.4, -0.2) is 10.5 Å². The molecule has 2 nitrogen and oxygen atoms in total. The average molecular weight is 332 g/mol. The summed E-state index contributed by atoms with van der Waals surface area (Å²) in [6, 6.07) is 6.28. The van der Waals surface area contributed by atoms with E-state index in [0.717, 1.165) is 15.6 Å². The summed E-state index contributed by atoms with van der Waals surface area (Å²) in [6.07, 6.45) is 0. The topological polar surface area (TPSA) is 24.9 Å². The molecule has 0 bridgehead atoms. The smallest absolute Gasteiger partial charge is 0.376 e. The van der Waals surface area contributed by atoms with Gasteiger partial charge in [-0.2, -0.15) is 13.2 Å². The van der Waals surface area contributed by atoms with Crippen molar-refractivity contribution in [2.24, 2.45) is 0 Å². The van der Waals surface area contributed by atoms with Crippen molar-refractivity contribution in [3.8, 4) is 0 Å². The van der Waals surface area contributed by atoms with E-state index in [1.54, 1.807) is 29.5 Å². The van der Waals surface area contributed by atoms with E-state index in [9.17, 15) is 13.2 Å². The maximum Gasteiger partial charge on any atom is 0.446 e. The van der Waals surface area contributed by atoms with E-state index in [4.69, 9.17) is 0 Å². The highest BCUT2D eigenvalue weighted by molar-refractivity contribution is 8.00. The molecule has 1 aromatic heterocycles. The van der Waals surface area contributed by atoms with Crippen molar-refractivity contribution < 1.29 is 13.2 Å². The summed E-state index contributed by atoms with van der Waals surface area (Å²) in [6.45, 7) is 5.78. The predicted molar refractivity (Wildman–Crippen MR) is 82.0 cm³/mol. The van der Waals surface area contributed by atoms with Crippen LogP contribution in [0.5, 0.6) is 0 Å². The minimum absolute atomic E-state index is 0.106. The molecule has 2 rings (SSSR count). The second kappa shape index (κ2) is 6.27. The minimum Gasteiger partial charge on any atom is -0.376 e. The largest absolute Gasteiger partial charge is 0.446 e. The van der Waals surface area contributed by atoms with E-state index in [1.807, 2.05) is 20.8 Å². The maximum absolute atomic E-state index is 12.6. The van der Waals surface area contributed by atoms with Gasteiger partial charge in [0, 0.05) is 15.5 Å². The summed E-state index contributed by atoms with van der Waals surface area (Å²) in [4.78, 5) is 5.68. The highest BCUT2D eigenvalue weighted by Gasteiger charge is 2.30. The van der Waals surface area contributed by atoms with Crippen LogP contribution in [0.15, 0.2) is 29.2 Å². The van der Waals surface area contributed by atoms with E-state index in [0.29, 0.717) is 5.69 Å². The first kappa shape index (κ1) is 16.2. The molecule has 1 unspecified atom stereocenters. The van der Waals surface area contributed by atoms with E-state index in [2.05, 4.69) is 10.3 Å². The quantitative estimate of drug-likeness (QED) is 0.744. The Kier molecular flexibility index (Phi) is 4.83. The molecule has 114 valence electrons. The number of thioether (sulfide) groups is 1. The molecule has 0 aliphatic carbocycles. The number of benzene rings is 1. The van der Waals surface area contributed by atoms with Gasteiger partial charge in [-0.15, -0.1) is 11.3 Å². The maximum atomic E-state index is 12.6. The van der Waals surface area contributed by atoms with Gasteiger partial charge in [0.2, 0.25) is 0 Å². The van der Waals surface area contributed by atoms with Gasteiger partial charge in [0.15, 0.2) is 0 Å². The number of hydrogen-bond acceptors (Lipinski definition) is 4. The van der Waals surface area contributed by atoms with E-state index in [-0.39, 0.29) is 22.7 Å². The van der Waals surface area contributed by atoms with E-state index in [1.165, 1.54) is 6.07 Å². The number of anilines is 1. The number of halogens is 3. The zero-order valence-corrected chi connectivity index (χ0v) is 13.4. The molecule has 0 aliphatic rings. The molecule has 7 heteroatoms. The normalized spacial score (nSPS) is 13.2. The molecular formula is C14H15F3N2S2. The van der Waals surface area contributed by atoms with Gasteiger partial charge in [-0.3, -0.25) is 0 Å². The highest BCUT2D eigenvalue weighted by Crippen LogP contribution is 2.41.